The number of fused-ring (bicyclic) bond motifs is 1. The van der Waals surface area contributed by atoms with E-state index in [0.29, 0.717) is 0 Å². The highest BCUT2D eigenvalue weighted by atomic mass is 79.9. The number of nitrogens with two attached hydrogens (primary N) is 1. The van der Waals surface area contributed by atoms with Crippen LogP contribution in [0.15, 0.2) is 46.3 Å². The number of aromatic nitrogens is 1. The van der Waals surface area contributed by atoms with Gasteiger partial charge in [0.05, 0.1) is 12.1 Å². The van der Waals surface area contributed by atoms with Crippen LogP contribution in [0.1, 0.15) is 4.88 Å². The van der Waals surface area contributed by atoms with Gasteiger partial charge in [0.1, 0.15) is 5.82 Å². The predicted molar refractivity (Wildman–Crippen MR) is 85.5 cm³/mol. The number of nitrogens with one attached hydrogen (secondary N) is 1. The van der Waals surface area contributed by atoms with Crippen molar-refractivity contribution >= 4 is 49.7 Å². The molecule has 3 aromatic rings. The predicted octanol–water partition coefficient (Wildman–Crippen LogP) is 4.25. The summed E-state index contributed by atoms with van der Waals surface area (Å²) in [5.74, 6) is 0.873. The van der Waals surface area contributed by atoms with E-state index in [1.165, 1.54) is 4.88 Å². The van der Waals surface area contributed by atoms with E-state index in [0.717, 1.165) is 33.4 Å². The number of pyridine rings is 1. The van der Waals surface area contributed by atoms with Gasteiger partial charge in [-0.1, -0.05) is 0 Å². The summed E-state index contributed by atoms with van der Waals surface area (Å²) in [7, 11) is 0. The van der Waals surface area contributed by atoms with Gasteiger partial charge in [0.25, 0.3) is 0 Å². The SMILES string of the molecule is Nc1ccc2nc(NCc3sccc3Br)ccc2c1. The topological polar surface area (TPSA) is 50.9 Å². The summed E-state index contributed by atoms with van der Waals surface area (Å²) in [6, 6.07) is 11.8. The van der Waals surface area contributed by atoms with Crippen molar-refractivity contribution in [3.63, 3.8) is 0 Å². The molecular weight excluding hydrogens is 322 g/mol. The smallest absolute Gasteiger partial charge is 0.126 e. The number of benzene rings is 1. The van der Waals surface area contributed by atoms with Gasteiger partial charge in [0.2, 0.25) is 0 Å². The molecule has 0 amide bonds. The largest absolute Gasteiger partial charge is 0.399 e. The molecule has 3 nitrogen and oxygen atoms in total. The fraction of sp³-hybridized carbons (Fsp3) is 0.0714. The lowest BCUT2D eigenvalue weighted by Crippen LogP contribution is -2.00. The zero-order valence-corrected chi connectivity index (χ0v) is 12.5. The molecule has 0 radical (unpaired) electrons. The van der Waals surface area contributed by atoms with Crippen LogP contribution in [0.4, 0.5) is 11.5 Å². The number of rotatable bonds is 3. The van der Waals surface area contributed by atoms with Crippen molar-refractivity contribution in [3.05, 3.63) is 51.1 Å². The Hall–Kier alpha value is -1.59. The first-order valence-corrected chi connectivity index (χ1v) is 7.52. The third-order valence-electron chi connectivity index (χ3n) is 2.83. The van der Waals surface area contributed by atoms with E-state index in [2.05, 4.69) is 37.7 Å². The van der Waals surface area contributed by atoms with Gasteiger partial charge in [-0.2, -0.15) is 0 Å². The molecule has 5 heteroatoms. The molecule has 2 aromatic heterocycles. The number of nitrogen functional groups attached to an aromatic ring is 1. The molecule has 19 heavy (non-hydrogen) atoms. The standard InChI is InChI=1S/C14H12BrN3S/c15-11-5-6-19-13(11)8-17-14-4-1-9-7-10(16)2-3-12(9)18-14/h1-7H,8,16H2,(H,17,18). The Labute approximate surface area is 123 Å². The van der Waals surface area contributed by atoms with Gasteiger partial charge in [-0.05, 0) is 57.7 Å². The van der Waals surface area contributed by atoms with Crippen LogP contribution in [-0.2, 0) is 6.54 Å². The molecule has 0 aliphatic heterocycles. The highest BCUT2D eigenvalue weighted by Crippen LogP contribution is 2.24. The van der Waals surface area contributed by atoms with Crippen LogP contribution in [0.25, 0.3) is 10.9 Å². The van der Waals surface area contributed by atoms with Crippen molar-refractivity contribution in [1.82, 2.24) is 4.98 Å². The minimum absolute atomic E-state index is 0.762. The second kappa shape index (κ2) is 5.19. The van der Waals surface area contributed by atoms with Crippen molar-refractivity contribution < 1.29 is 0 Å². The average molecular weight is 334 g/mol. The summed E-state index contributed by atoms with van der Waals surface area (Å²) in [5, 5.41) is 6.46. The van der Waals surface area contributed by atoms with Gasteiger partial charge in [-0.3, -0.25) is 0 Å². The van der Waals surface area contributed by atoms with Gasteiger partial charge in [-0.15, -0.1) is 11.3 Å². The highest BCUT2D eigenvalue weighted by molar-refractivity contribution is 9.10. The summed E-state index contributed by atoms with van der Waals surface area (Å²) >= 11 is 5.24. The Balaban J connectivity index is 1.82. The summed E-state index contributed by atoms with van der Waals surface area (Å²) < 4.78 is 1.14. The van der Waals surface area contributed by atoms with Gasteiger partial charge >= 0.3 is 0 Å². The van der Waals surface area contributed by atoms with Crippen molar-refractivity contribution in [2.24, 2.45) is 0 Å². The van der Waals surface area contributed by atoms with Crippen LogP contribution in [0, 0.1) is 0 Å². The molecule has 0 spiro atoms. The van der Waals surface area contributed by atoms with Crippen LogP contribution in [0.3, 0.4) is 0 Å². The fourth-order valence-electron chi connectivity index (χ4n) is 1.86. The van der Waals surface area contributed by atoms with Crippen LogP contribution in [0.2, 0.25) is 0 Å². The number of hydrogen-bond donors (Lipinski definition) is 2. The van der Waals surface area contributed by atoms with E-state index in [-0.39, 0.29) is 0 Å². The monoisotopic (exact) mass is 333 g/mol. The summed E-state index contributed by atoms with van der Waals surface area (Å²) in [5.41, 5.74) is 7.46. The molecule has 3 N–H and O–H groups in total. The van der Waals surface area contributed by atoms with E-state index in [1.54, 1.807) is 11.3 Å². The van der Waals surface area contributed by atoms with Crippen molar-refractivity contribution in [2.75, 3.05) is 11.1 Å². The number of thiophene rings is 1. The summed E-state index contributed by atoms with van der Waals surface area (Å²) in [6.07, 6.45) is 0. The molecular formula is C14H12BrN3S. The quantitative estimate of drug-likeness (QED) is 0.704. The first-order valence-electron chi connectivity index (χ1n) is 5.84. The van der Waals surface area contributed by atoms with Crippen LogP contribution in [-0.4, -0.2) is 4.98 Å². The maximum absolute atomic E-state index is 5.75. The van der Waals surface area contributed by atoms with Crippen LogP contribution < -0.4 is 11.1 Å². The molecule has 0 bridgehead atoms. The summed E-state index contributed by atoms with van der Waals surface area (Å²) in [4.78, 5) is 5.83. The van der Waals surface area contributed by atoms with Gasteiger partial charge in [0.15, 0.2) is 0 Å². The Bertz CT molecular complexity index is 724. The average Bonchev–Trinajstić information content (AvgIpc) is 2.82. The molecule has 96 valence electrons. The van der Waals surface area contributed by atoms with Crippen molar-refractivity contribution in [2.45, 2.75) is 6.54 Å². The molecule has 0 unspecified atom stereocenters. The first-order chi connectivity index (χ1) is 9.22. The fourth-order valence-corrected chi connectivity index (χ4v) is 3.30. The lowest BCUT2D eigenvalue weighted by atomic mass is 10.2. The number of nitrogens with zero attached hydrogens (tertiary/aromatic N) is 1. The number of halogens is 1. The Morgan fingerprint density at radius 3 is 2.89 bits per heavy atom. The van der Waals surface area contributed by atoms with Crippen molar-refractivity contribution in [1.29, 1.82) is 0 Å². The van der Waals surface area contributed by atoms with Crippen LogP contribution in [0.5, 0.6) is 0 Å². The second-order valence-electron chi connectivity index (χ2n) is 4.19. The molecule has 2 heterocycles. The minimum atomic E-state index is 0.762. The normalized spacial score (nSPS) is 10.8. The Morgan fingerprint density at radius 1 is 1.21 bits per heavy atom. The highest BCUT2D eigenvalue weighted by Gasteiger charge is 2.02. The van der Waals surface area contributed by atoms with Crippen molar-refractivity contribution in [3.8, 4) is 0 Å². The van der Waals surface area contributed by atoms with E-state index in [9.17, 15) is 0 Å². The van der Waals surface area contributed by atoms with Gasteiger partial charge in [0, 0.05) is 20.4 Å². The van der Waals surface area contributed by atoms with Gasteiger partial charge < -0.3 is 11.1 Å². The molecule has 0 fully saturated rings. The van der Waals surface area contributed by atoms with E-state index < -0.39 is 0 Å². The molecule has 0 saturated carbocycles. The Morgan fingerprint density at radius 2 is 2.11 bits per heavy atom. The molecule has 3 rings (SSSR count). The van der Waals surface area contributed by atoms with Crippen LogP contribution >= 0.6 is 27.3 Å². The van der Waals surface area contributed by atoms with E-state index >= 15 is 0 Å². The molecule has 1 aromatic carbocycles. The maximum Gasteiger partial charge on any atom is 0.126 e. The zero-order valence-electron chi connectivity index (χ0n) is 10.1. The zero-order chi connectivity index (χ0) is 13.2. The third kappa shape index (κ3) is 2.72. The summed E-state index contributed by atoms with van der Waals surface area (Å²) in [6.45, 7) is 0.770. The Kier molecular flexibility index (Phi) is 3.40. The first kappa shape index (κ1) is 12.4. The molecule has 0 atom stereocenters. The van der Waals surface area contributed by atoms with E-state index in [1.807, 2.05) is 30.3 Å². The molecule has 0 aliphatic rings. The lowest BCUT2D eigenvalue weighted by Gasteiger charge is -2.06. The molecule has 0 aliphatic carbocycles. The maximum atomic E-state index is 5.75. The number of hydrogen-bond acceptors (Lipinski definition) is 4. The lowest BCUT2D eigenvalue weighted by molar-refractivity contribution is 1.15. The van der Waals surface area contributed by atoms with Gasteiger partial charge in [-0.25, -0.2) is 4.98 Å². The number of anilines is 2. The van der Waals surface area contributed by atoms with E-state index in [4.69, 9.17) is 5.73 Å². The molecule has 0 saturated heterocycles. The minimum Gasteiger partial charge on any atom is -0.399 e. The second-order valence-corrected chi connectivity index (χ2v) is 6.05. The third-order valence-corrected chi connectivity index (χ3v) is 4.76.